The highest BCUT2D eigenvalue weighted by Crippen LogP contribution is 1.88. The van der Waals surface area contributed by atoms with Crippen LogP contribution in [0, 0.1) is 12.3 Å². The molecule has 0 saturated heterocycles. The summed E-state index contributed by atoms with van der Waals surface area (Å²) in [4.78, 5) is 11.1. The lowest BCUT2D eigenvalue weighted by Gasteiger charge is -2.10. The molecule has 2 N–H and O–H groups in total. The monoisotopic (exact) mass is 168 g/mol. The Morgan fingerprint density at radius 1 is 1.67 bits per heavy atom. The van der Waals surface area contributed by atoms with Crippen molar-refractivity contribution >= 4 is 5.91 Å². The second-order valence-corrected chi connectivity index (χ2v) is 2.73. The summed E-state index contributed by atoms with van der Waals surface area (Å²) in [5.74, 6) is 2.55. The Labute approximate surface area is 73.9 Å². The fourth-order valence-corrected chi connectivity index (χ4v) is 0.813. The summed E-state index contributed by atoms with van der Waals surface area (Å²) >= 11 is 0. The van der Waals surface area contributed by atoms with Crippen molar-refractivity contribution < 1.29 is 4.79 Å². The first-order chi connectivity index (χ1) is 5.70. The average molecular weight is 168 g/mol. The standard InChI is InChI=1S/C9H16N2O/c1-4-5-8(2)11-9(12)6-7-10-3/h1,8,10H,5-7H2,2-3H3,(H,11,12). The molecule has 0 aromatic carbocycles. The third-order valence-corrected chi connectivity index (χ3v) is 1.43. The molecule has 0 aliphatic rings. The molecule has 0 rings (SSSR count). The molecular formula is C9H16N2O. The lowest BCUT2D eigenvalue weighted by Crippen LogP contribution is -2.33. The van der Waals surface area contributed by atoms with E-state index in [1.54, 1.807) is 0 Å². The molecule has 0 aromatic heterocycles. The van der Waals surface area contributed by atoms with Gasteiger partial charge in [-0.1, -0.05) is 0 Å². The van der Waals surface area contributed by atoms with Gasteiger partial charge in [-0.3, -0.25) is 4.79 Å². The number of nitrogens with one attached hydrogen (secondary N) is 2. The van der Waals surface area contributed by atoms with Crippen LogP contribution in [0.5, 0.6) is 0 Å². The summed E-state index contributed by atoms with van der Waals surface area (Å²) in [5, 5.41) is 5.70. The fourth-order valence-electron chi connectivity index (χ4n) is 0.813. The highest BCUT2D eigenvalue weighted by atomic mass is 16.1. The lowest BCUT2D eigenvalue weighted by atomic mass is 10.2. The van der Waals surface area contributed by atoms with Gasteiger partial charge in [-0.15, -0.1) is 12.3 Å². The van der Waals surface area contributed by atoms with Crippen molar-refractivity contribution in [3.8, 4) is 12.3 Å². The largest absolute Gasteiger partial charge is 0.353 e. The van der Waals surface area contributed by atoms with Crippen molar-refractivity contribution in [2.45, 2.75) is 25.8 Å². The van der Waals surface area contributed by atoms with Crippen LogP contribution in [0.4, 0.5) is 0 Å². The zero-order valence-electron chi connectivity index (χ0n) is 7.68. The van der Waals surface area contributed by atoms with Crippen molar-refractivity contribution in [1.29, 1.82) is 0 Å². The van der Waals surface area contributed by atoms with Crippen molar-refractivity contribution in [2.75, 3.05) is 13.6 Å². The molecule has 0 radical (unpaired) electrons. The first-order valence-corrected chi connectivity index (χ1v) is 4.08. The predicted molar refractivity (Wildman–Crippen MR) is 49.6 cm³/mol. The Morgan fingerprint density at radius 3 is 2.83 bits per heavy atom. The van der Waals surface area contributed by atoms with E-state index in [1.165, 1.54) is 0 Å². The smallest absolute Gasteiger partial charge is 0.221 e. The van der Waals surface area contributed by atoms with E-state index in [1.807, 2.05) is 14.0 Å². The Morgan fingerprint density at radius 2 is 2.33 bits per heavy atom. The number of rotatable bonds is 5. The summed E-state index contributed by atoms with van der Waals surface area (Å²) < 4.78 is 0. The maximum atomic E-state index is 11.1. The Kier molecular flexibility index (Phi) is 6.12. The van der Waals surface area contributed by atoms with Gasteiger partial charge in [0.1, 0.15) is 0 Å². The lowest BCUT2D eigenvalue weighted by molar-refractivity contribution is -0.121. The van der Waals surface area contributed by atoms with E-state index in [-0.39, 0.29) is 11.9 Å². The van der Waals surface area contributed by atoms with E-state index in [2.05, 4.69) is 16.6 Å². The SMILES string of the molecule is C#CCC(C)NC(=O)CCNC. The summed E-state index contributed by atoms with van der Waals surface area (Å²) in [5.41, 5.74) is 0. The molecule has 1 atom stereocenters. The molecule has 0 fully saturated rings. The highest BCUT2D eigenvalue weighted by Gasteiger charge is 2.04. The molecule has 0 aliphatic carbocycles. The molecule has 3 nitrogen and oxygen atoms in total. The van der Waals surface area contributed by atoms with Crippen molar-refractivity contribution in [3.05, 3.63) is 0 Å². The molecule has 3 heteroatoms. The maximum absolute atomic E-state index is 11.1. The van der Waals surface area contributed by atoms with Crippen molar-refractivity contribution in [3.63, 3.8) is 0 Å². The summed E-state index contributed by atoms with van der Waals surface area (Å²) in [7, 11) is 1.82. The van der Waals surface area contributed by atoms with Gasteiger partial charge in [0, 0.05) is 25.4 Å². The van der Waals surface area contributed by atoms with Gasteiger partial charge in [-0.2, -0.15) is 0 Å². The minimum absolute atomic E-state index is 0.0482. The van der Waals surface area contributed by atoms with E-state index in [0.717, 1.165) is 0 Å². The number of carbonyl (C=O) groups excluding carboxylic acids is 1. The Balaban J connectivity index is 3.48. The van der Waals surface area contributed by atoms with Gasteiger partial charge in [0.15, 0.2) is 0 Å². The second kappa shape index (κ2) is 6.68. The molecule has 68 valence electrons. The molecule has 12 heavy (non-hydrogen) atoms. The third kappa shape index (κ3) is 5.75. The zero-order chi connectivity index (χ0) is 9.40. The minimum Gasteiger partial charge on any atom is -0.353 e. The van der Waals surface area contributed by atoms with Crippen LogP contribution in [-0.4, -0.2) is 25.5 Å². The molecule has 0 bridgehead atoms. The molecule has 1 amide bonds. The second-order valence-electron chi connectivity index (χ2n) is 2.73. The van der Waals surface area contributed by atoms with Crippen LogP contribution < -0.4 is 10.6 Å². The zero-order valence-corrected chi connectivity index (χ0v) is 7.68. The van der Waals surface area contributed by atoms with Gasteiger partial charge in [0.05, 0.1) is 0 Å². The molecule has 1 unspecified atom stereocenters. The normalized spacial score (nSPS) is 11.8. The molecule has 0 spiro atoms. The molecule has 0 aliphatic heterocycles. The van der Waals surface area contributed by atoms with Crippen LogP contribution in [0.3, 0.4) is 0 Å². The molecule has 0 aromatic rings. The van der Waals surface area contributed by atoms with Gasteiger partial charge < -0.3 is 10.6 Å². The predicted octanol–water partition coefficient (Wildman–Crippen LogP) is 0.124. The minimum atomic E-state index is 0.0482. The highest BCUT2D eigenvalue weighted by molar-refractivity contribution is 5.76. The first kappa shape index (κ1) is 11.0. The van der Waals surface area contributed by atoms with E-state index >= 15 is 0 Å². The van der Waals surface area contributed by atoms with E-state index < -0.39 is 0 Å². The topological polar surface area (TPSA) is 41.1 Å². The van der Waals surface area contributed by atoms with Crippen LogP contribution in [0.1, 0.15) is 19.8 Å². The summed E-state index contributed by atoms with van der Waals surface area (Å²) in [6.07, 6.45) is 6.19. The number of terminal acetylenes is 1. The van der Waals surface area contributed by atoms with E-state index in [4.69, 9.17) is 6.42 Å². The average Bonchev–Trinajstić information content (AvgIpc) is 2.01. The number of amides is 1. The van der Waals surface area contributed by atoms with Gasteiger partial charge >= 0.3 is 0 Å². The summed E-state index contributed by atoms with van der Waals surface area (Å²) in [6, 6.07) is 0.0827. The van der Waals surface area contributed by atoms with Gasteiger partial charge in [-0.05, 0) is 14.0 Å². The van der Waals surface area contributed by atoms with Gasteiger partial charge in [0.2, 0.25) is 5.91 Å². The van der Waals surface area contributed by atoms with Crippen molar-refractivity contribution in [1.82, 2.24) is 10.6 Å². The third-order valence-electron chi connectivity index (χ3n) is 1.43. The Hall–Kier alpha value is -1.01. The summed E-state index contributed by atoms with van der Waals surface area (Å²) in [6.45, 7) is 2.60. The number of carbonyl (C=O) groups is 1. The maximum Gasteiger partial charge on any atom is 0.221 e. The molecule has 0 saturated carbocycles. The van der Waals surface area contributed by atoms with Crippen LogP contribution >= 0.6 is 0 Å². The van der Waals surface area contributed by atoms with Gasteiger partial charge in [0.25, 0.3) is 0 Å². The first-order valence-electron chi connectivity index (χ1n) is 4.08. The fraction of sp³-hybridized carbons (Fsp3) is 0.667. The van der Waals surface area contributed by atoms with Crippen LogP contribution in [0.25, 0.3) is 0 Å². The number of hydrogen-bond donors (Lipinski definition) is 2. The van der Waals surface area contributed by atoms with Crippen LogP contribution in [0.2, 0.25) is 0 Å². The van der Waals surface area contributed by atoms with Gasteiger partial charge in [-0.25, -0.2) is 0 Å². The van der Waals surface area contributed by atoms with Crippen molar-refractivity contribution in [2.24, 2.45) is 0 Å². The molecule has 0 heterocycles. The van der Waals surface area contributed by atoms with E-state index in [0.29, 0.717) is 19.4 Å². The Bertz CT molecular complexity index is 172. The quantitative estimate of drug-likeness (QED) is 0.573. The number of hydrogen-bond acceptors (Lipinski definition) is 2. The molecular weight excluding hydrogens is 152 g/mol. The van der Waals surface area contributed by atoms with E-state index in [9.17, 15) is 4.79 Å². The van der Waals surface area contributed by atoms with Crippen LogP contribution in [-0.2, 0) is 4.79 Å². The van der Waals surface area contributed by atoms with Crippen LogP contribution in [0.15, 0.2) is 0 Å².